The van der Waals surface area contributed by atoms with Crippen molar-refractivity contribution >= 4 is 11.8 Å². The topological polar surface area (TPSA) is 71.9 Å². The minimum Gasteiger partial charge on any atom is -0.478 e. The minimum absolute atomic E-state index is 0.215. The first kappa shape index (κ1) is 11.4. The van der Waals surface area contributed by atoms with Crippen molar-refractivity contribution in [2.75, 3.05) is 31.2 Å². The summed E-state index contributed by atoms with van der Waals surface area (Å²) >= 11 is 0. The van der Waals surface area contributed by atoms with Crippen molar-refractivity contribution in [3.8, 4) is 0 Å². The number of aromatic carboxylic acids is 1. The number of anilines is 1. The van der Waals surface area contributed by atoms with E-state index in [9.17, 15) is 4.79 Å². The molecule has 0 unspecified atom stereocenters. The highest BCUT2D eigenvalue weighted by Crippen LogP contribution is 2.33. The van der Waals surface area contributed by atoms with Crippen molar-refractivity contribution in [1.29, 1.82) is 0 Å². The molecule has 0 amide bonds. The van der Waals surface area contributed by atoms with Crippen molar-refractivity contribution in [2.24, 2.45) is 0 Å². The van der Waals surface area contributed by atoms with Crippen LogP contribution in [0.3, 0.4) is 0 Å². The Bertz CT molecular complexity index is 471. The Labute approximate surface area is 104 Å². The summed E-state index contributed by atoms with van der Waals surface area (Å²) in [7, 11) is 0. The first-order valence-electron chi connectivity index (χ1n) is 5.91. The molecule has 1 aromatic heterocycles. The van der Waals surface area contributed by atoms with Crippen LogP contribution in [-0.4, -0.2) is 48.2 Å². The van der Waals surface area contributed by atoms with Gasteiger partial charge in [-0.1, -0.05) is 0 Å². The molecule has 2 saturated heterocycles. The maximum atomic E-state index is 11.2. The molecule has 0 aliphatic carbocycles. The van der Waals surface area contributed by atoms with E-state index in [-0.39, 0.29) is 5.56 Å². The number of ether oxygens (including phenoxy) is 2. The highest BCUT2D eigenvalue weighted by Gasteiger charge is 2.44. The molecule has 0 bridgehead atoms. The lowest BCUT2D eigenvalue weighted by Gasteiger charge is -2.23. The van der Waals surface area contributed by atoms with Crippen molar-refractivity contribution in [3.63, 3.8) is 0 Å². The van der Waals surface area contributed by atoms with Gasteiger partial charge in [0.05, 0.1) is 19.8 Å². The van der Waals surface area contributed by atoms with Gasteiger partial charge in [0.25, 0.3) is 0 Å². The predicted octanol–water partition coefficient (Wildman–Crippen LogP) is 0.733. The van der Waals surface area contributed by atoms with E-state index >= 15 is 0 Å². The SMILES string of the molecule is O=C(O)c1cccnc1N1CCC2(C1)OCCO2. The summed E-state index contributed by atoms with van der Waals surface area (Å²) in [5.74, 6) is -1.04. The number of pyridine rings is 1. The maximum absolute atomic E-state index is 11.2. The molecule has 0 saturated carbocycles. The summed E-state index contributed by atoms with van der Waals surface area (Å²) in [5.41, 5.74) is 0.215. The van der Waals surface area contributed by atoms with Crippen LogP contribution in [0.25, 0.3) is 0 Å². The third-order valence-electron chi connectivity index (χ3n) is 3.32. The van der Waals surface area contributed by atoms with Crippen LogP contribution in [0.4, 0.5) is 5.82 Å². The fourth-order valence-electron chi connectivity index (χ4n) is 2.48. The van der Waals surface area contributed by atoms with Crippen LogP contribution in [0.15, 0.2) is 18.3 Å². The van der Waals surface area contributed by atoms with Gasteiger partial charge in [0.15, 0.2) is 5.79 Å². The summed E-state index contributed by atoms with van der Waals surface area (Å²) in [6, 6.07) is 3.19. The zero-order valence-corrected chi connectivity index (χ0v) is 9.83. The molecular formula is C12H14N2O4. The van der Waals surface area contributed by atoms with Gasteiger partial charge in [0.2, 0.25) is 0 Å². The lowest BCUT2D eigenvalue weighted by atomic mass is 10.2. The highest BCUT2D eigenvalue weighted by molar-refractivity contribution is 5.93. The van der Waals surface area contributed by atoms with Crippen LogP contribution in [0, 0.1) is 0 Å². The van der Waals surface area contributed by atoms with Crippen molar-refractivity contribution in [3.05, 3.63) is 23.9 Å². The van der Waals surface area contributed by atoms with E-state index in [0.717, 1.165) is 6.42 Å². The third kappa shape index (κ3) is 1.83. The van der Waals surface area contributed by atoms with Crippen LogP contribution in [0.1, 0.15) is 16.8 Å². The van der Waals surface area contributed by atoms with Crippen molar-refractivity contribution in [2.45, 2.75) is 12.2 Å². The van der Waals surface area contributed by atoms with E-state index in [1.165, 1.54) is 0 Å². The van der Waals surface area contributed by atoms with E-state index in [1.807, 2.05) is 4.90 Å². The number of hydrogen-bond donors (Lipinski definition) is 1. The first-order chi connectivity index (χ1) is 8.70. The summed E-state index contributed by atoms with van der Waals surface area (Å²) < 4.78 is 11.2. The second-order valence-corrected chi connectivity index (χ2v) is 4.46. The summed E-state index contributed by atoms with van der Waals surface area (Å²) in [4.78, 5) is 17.2. The molecule has 2 aliphatic heterocycles. The Balaban J connectivity index is 1.86. The zero-order valence-electron chi connectivity index (χ0n) is 9.83. The van der Waals surface area contributed by atoms with Gasteiger partial charge in [-0.15, -0.1) is 0 Å². The van der Waals surface area contributed by atoms with E-state index in [0.29, 0.717) is 32.1 Å². The van der Waals surface area contributed by atoms with Gasteiger partial charge in [0, 0.05) is 19.2 Å². The van der Waals surface area contributed by atoms with Crippen LogP contribution in [0.2, 0.25) is 0 Å². The summed E-state index contributed by atoms with van der Waals surface area (Å²) in [6.07, 6.45) is 2.34. The lowest BCUT2D eigenvalue weighted by Crippen LogP contribution is -2.35. The highest BCUT2D eigenvalue weighted by atomic mass is 16.7. The fourth-order valence-corrected chi connectivity index (χ4v) is 2.48. The average molecular weight is 250 g/mol. The van der Waals surface area contributed by atoms with Gasteiger partial charge < -0.3 is 19.5 Å². The van der Waals surface area contributed by atoms with Crippen LogP contribution >= 0.6 is 0 Å². The number of carboxylic acid groups (broad SMARTS) is 1. The molecule has 1 aromatic rings. The van der Waals surface area contributed by atoms with Crippen LogP contribution in [0.5, 0.6) is 0 Å². The Morgan fingerprint density at radius 2 is 2.22 bits per heavy atom. The molecule has 1 N–H and O–H groups in total. The van der Waals surface area contributed by atoms with Crippen LogP contribution in [-0.2, 0) is 9.47 Å². The number of carboxylic acids is 1. The number of carbonyl (C=O) groups is 1. The monoisotopic (exact) mass is 250 g/mol. The number of aromatic nitrogens is 1. The van der Waals surface area contributed by atoms with Crippen molar-refractivity contribution < 1.29 is 19.4 Å². The standard InChI is InChI=1S/C12H14N2O4/c15-11(16)9-2-1-4-13-10(9)14-5-3-12(8-14)17-6-7-18-12/h1-2,4H,3,5-8H2,(H,15,16). The van der Waals surface area contributed by atoms with Gasteiger partial charge >= 0.3 is 5.97 Å². The smallest absolute Gasteiger partial charge is 0.339 e. The van der Waals surface area contributed by atoms with E-state index in [2.05, 4.69) is 4.98 Å². The molecule has 3 rings (SSSR count). The number of rotatable bonds is 2. The Morgan fingerprint density at radius 3 is 2.94 bits per heavy atom. The second-order valence-electron chi connectivity index (χ2n) is 4.46. The first-order valence-corrected chi connectivity index (χ1v) is 5.91. The Hall–Kier alpha value is -1.66. The quantitative estimate of drug-likeness (QED) is 0.834. The molecule has 18 heavy (non-hydrogen) atoms. The zero-order chi connectivity index (χ0) is 12.6. The lowest BCUT2D eigenvalue weighted by molar-refractivity contribution is -0.137. The van der Waals surface area contributed by atoms with Gasteiger partial charge in [-0.3, -0.25) is 0 Å². The molecule has 2 aliphatic rings. The van der Waals surface area contributed by atoms with Crippen LogP contribution < -0.4 is 4.90 Å². The molecule has 0 aromatic carbocycles. The van der Waals surface area contributed by atoms with E-state index in [4.69, 9.17) is 14.6 Å². The summed E-state index contributed by atoms with van der Waals surface area (Å²) in [6.45, 7) is 2.42. The molecule has 3 heterocycles. The predicted molar refractivity (Wildman–Crippen MR) is 62.7 cm³/mol. The molecule has 2 fully saturated rings. The molecule has 6 heteroatoms. The fraction of sp³-hybridized carbons (Fsp3) is 0.500. The van der Waals surface area contributed by atoms with Gasteiger partial charge in [-0.25, -0.2) is 9.78 Å². The summed E-state index contributed by atoms with van der Waals surface area (Å²) in [5, 5.41) is 9.15. The van der Waals surface area contributed by atoms with E-state index < -0.39 is 11.8 Å². The molecule has 6 nitrogen and oxygen atoms in total. The average Bonchev–Trinajstić information content (AvgIpc) is 3.00. The number of nitrogens with zero attached hydrogens (tertiary/aromatic N) is 2. The van der Waals surface area contributed by atoms with Crippen molar-refractivity contribution in [1.82, 2.24) is 4.98 Å². The molecule has 1 spiro atoms. The van der Waals surface area contributed by atoms with Gasteiger partial charge in [-0.2, -0.15) is 0 Å². The molecule has 96 valence electrons. The molecule has 0 radical (unpaired) electrons. The maximum Gasteiger partial charge on any atom is 0.339 e. The molecular weight excluding hydrogens is 236 g/mol. The van der Waals surface area contributed by atoms with Gasteiger partial charge in [-0.05, 0) is 12.1 Å². The Kier molecular flexibility index (Phi) is 2.68. The second kappa shape index (κ2) is 4.22. The minimum atomic E-state index is -0.965. The van der Waals surface area contributed by atoms with Gasteiger partial charge in [0.1, 0.15) is 11.4 Å². The largest absolute Gasteiger partial charge is 0.478 e. The third-order valence-corrected chi connectivity index (χ3v) is 3.32. The Morgan fingerprint density at radius 1 is 1.44 bits per heavy atom. The molecule has 0 atom stereocenters. The number of hydrogen-bond acceptors (Lipinski definition) is 5. The normalized spacial score (nSPS) is 21.7. The van der Waals surface area contributed by atoms with E-state index in [1.54, 1.807) is 18.3 Å².